The summed E-state index contributed by atoms with van der Waals surface area (Å²) in [6.07, 6.45) is 5.66. The van der Waals surface area contributed by atoms with E-state index in [1.807, 2.05) is 4.90 Å². The fourth-order valence-corrected chi connectivity index (χ4v) is 3.99. The number of piperidine rings is 1. The van der Waals surface area contributed by atoms with Gasteiger partial charge >= 0.3 is 5.69 Å². The van der Waals surface area contributed by atoms with Gasteiger partial charge in [0, 0.05) is 45.3 Å². The average Bonchev–Trinajstić information content (AvgIpc) is 2.68. The van der Waals surface area contributed by atoms with Gasteiger partial charge in [-0.05, 0) is 25.7 Å². The van der Waals surface area contributed by atoms with Gasteiger partial charge in [0.2, 0.25) is 11.6 Å². The maximum absolute atomic E-state index is 11.9. The molecule has 0 saturated carbocycles. The van der Waals surface area contributed by atoms with Gasteiger partial charge in [0.05, 0.1) is 11.5 Å². The van der Waals surface area contributed by atoms with E-state index in [2.05, 4.69) is 26.7 Å². The van der Waals surface area contributed by atoms with Crippen molar-refractivity contribution in [3.8, 4) is 0 Å². The Labute approximate surface area is 153 Å². The van der Waals surface area contributed by atoms with E-state index in [1.54, 1.807) is 0 Å². The van der Waals surface area contributed by atoms with E-state index in [1.165, 1.54) is 6.33 Å². The van der Waals surface area contributed by atoms with Gasteiger partial charge in [-0.15, -0.1) is 0 Å². The third-order valence-corrected chi connectivity index (χ3v) is 5.42. The van der Waals surface area contributed by atoms with Gasteiger partial charge in [0.25, 0.3) is 0 Å². The molecule has 0 spiro atoms. The molecule has 1 aromatic rings. The van der Waals surface area contributed by atoms with E-state index in [9.17, 15) is 10.1 Å². The molecule has 144 valence electrons. The lowest BCUT2D eigenvalue weighted by Gasteiger charge is -2.37. The Morgan fingerprint density at radius 1 is 1.19 bits per heavy atom. The Balaban J connectivity index is 1.88. The molecule has 9 nitrogen and oxygen atoms in total. The van der Waals surface area contributed by atoms with Crippen LogP contribution in [0.5, 0.6) is 0 Å². The van der Waals surface area contributed by atoms with Gasteiger partial charge in [0.15, 0.2) is 0 Å². The molecule has 0 amide bonds. The van der Waals surface area contributed by atoms with Crippen molar-refractivity contribution in [2.75, 3.05) is 55.7 Å². The number of anilines is 2. The molecule has 0 radical (unpaired) electrons. The lowest BCUT2D eigenvalue weighted by Crippen LogP contribution is -2.48. The second kappa shape index (κ2) is 8.59. The summed E-state index contributed by atoms with van der Waals surface area (Å²) in [6.45, 7) is 6.54. The molecule has 1 unspecified atom stereocenters. The Kier molecular flexibility index (Phi) is 6.20. The second-order valence-electron chi connectivity index (χ2n) is 6.93. The fourth-order valence-electron chi connectivity index (χ4n) is 3.99. The molecule has 26 heavy (non-hydrogen) atoms. The first-order valence-electron chi connectivity index (χ1n) is 9.49. The number of nitrogens with zero attached hydrogens (tertiary/aromatic N) is 6. The minimum atomic E-state index is -0.327. The van der Waals surface area contributed by atoms with Gasteiger partial charge in [-0.25, -0.2) is 9.97 Å². The first-order chi connectivity index (χ1) is 12.7. The number of hydrogen-bond donors (Lipinski definition) is 1. The second-order valence-corrected chi connectivity index (χ2v) is 6.93. The first-order valence-corrected chi connectivity index (χ1v) is 9.49. The van der Waals surface area contributed by atoms with Crippen LogP contribution in [0.1, 0.15) is 32.6 Å². The topological polar surface area (TPSA) is 98.9 Å². The van der Waals surface area contributed by atoms with Crippen LogP contribution in [0.2, 0.25) is 0 Å². The Morgan fingerprint density at radius 2 is 1.92 bits per heavy atom. The first kappa shape index (κ1) is 18.8. The molecule has 2 saturated heterocycles. The highest BCUT2D eigenvalue weighted by Gasteiger charge is 2.34. The summed E-state index contributed by atoms with van der Waals surface area (Å²) in [5.41, 5.74) is 0.0310. The Hall–Kier alpha value is -2.00. The van der Waals surface area contributed by atoms with Crippen molar-refractivity contribution in [3.05, 3.63) is 16.4 Å². The van der Waals surface area contributed by atoms with Crippen molar-refractivity contribution >= 4 is 17.3 Å². The van der Waals surface area contributed by atoms with Gasteiger partial charge in [-0.1, -0.05) is 6.92 Å². The molecule has 0 bridgehead atoms. The van der Waals surface area contributed by atoms with Crippen LogP contribution in [0.4, 0.5) is 17.3 Å². The summed E-state index contributed by atoms with van der Waals surface area (Å²) < 4.78 is 0. The molecule has 2 fully saturated rings. The molecule has 0 aliphatic carbocycles. The number of rotatable bonds is 6. The highest BCUT2D eigenvalue weighted by molar-refractivity contribution is 5.71. The SMILES string of the molecule is CCC1CCCCN1c1ncnc(N2CCN(CCO)CC2)c1[N+](=O)[O-]. The van der Waals surface area contributed by atoms with Gasteiger partial charge in [0.1, 0.15) is 6.33 Å². The van der Waals surface area contributed by atoms with Crippen molar-refractivity contribution < 1.29 is 10.0 Å². The number of piperazine rings is 1. The number of hydrogen-bond acceptors (Lipinski definition) is 8. The standard InChI is InChI=1S/C17H28N6O3/c1-2-14-5-3-4-6-22(14)17-15(23(25)26)16(18-13-19-17)21-9-7-20(8-10-21)11-12-24/h13-14,24H,2-12H2,1H3. The van der Waals surface area contributed by atoms with E-state index < -0.39 is 0 Å². The summed E-state index contributed by atoms with van der Waals surface area (Å²) in [5, 5.41) is 21.0. The van der Waals surface area contributed by atoms with Crippen LogP contribution in [0.3, 0.4) is 0 Å². The normalized spacial score (nSPS) is 21.8. The summed E-state index contributed by atoms with van der Waals surface area (Å²) in [6, 6.07) is 0.298. The molecule has 1 N–H and O–H groups in total. The zero-order valence-corrected chi connectivity index (χ0v) is 15.4. The lowest BCUT2D eigenvalue weighted by molar-refractivity contribution is -0.383. The van der Waals surface area contributed by atoms with Crippen LogP contribution in [-0.4, -0.2) is 76.8 Å². The third-order valence-electron chi connectivity index (χ3n) is 5.42. The molecular weight excluding hydrogens is 336 g/mol. The summed E-state index contributed by atoms with van der Waals surface area (Å²) in [4.78, 5) is 26.4. The molecular formula is C17H28N6O3. The van der Waals surface area contributed by atoms with Crippen LogP contribution in [-0.2, 0) is 0 Å². The van der Waals surface area contributed by atoms with Gasteiger partial charge < -0.3 is 14.9 Å². The quantitative estimate of drug-likeness (QED) is 0.595. The maximum Gasteiger partial charge on any atom is 0.353 e. The number of aliphatic hydroxyl groups is 1. The fraction of sp³-hybridized carbons (Fsp3) is 0.765. The molecule has 9 heteroatoms. The molecule has 1 atom stereocenters. The smallest absolute Gasteiger partial charge is 0.353 e. The highest BCUT2D eigenvalue weighted by atomic mass is 16.6. The van der Waals surface area contributed by atoms with E-state index >= 15 is 0 Å². The van der Waals surface area contributed by atoms with Crippen LogP contribution >= 0.6 is 0 Å². The van der Waals surface area contributed by atoms with Gasteiger partial charge in [-0.3, -0.25) is 15.0 Å². The van der Waals surface area contributed by atoms with E-state index in [0.717, 1.165) is 45.3 Å². The molecule has 3 heterocycles. The molecule has 0 aromatic carbocycles. The number of β-amino-alcohol motifs (C(OH)–C–C–N with tert-alkyl or cyclic N) is 1. The minimum Gasteiger partial charge on any atom is -0.395 e. The van der Waals surface area contributed by atoms with E-state index in [-0.39, 0.29) is 17.2 Å². The third kappa shape index (κ3) is 3.88. The summed E-state index contributed by atoms with van der Waals surface area (Å²) in [7, 11) is 0. The van der Waals surface area contributed by atoms with Crippen LogP contribution < -0.4 is 9.80 Å². The lowest BCUT2D eigenvalue weighted by atomic mass is 10.00. The van der Waals surface area contributed by atoms with Crippen molar-refractivity contribution in [2.45, 2.75) is 38.6 Å². The van der Waals surface area contributed by atoms with Crippen molar-refractivity contribution in [3.63, 3.8) is 0 Å². The van der Waals surface area contributed by atoms with Crippen LogP contribution in [0, 0.1) is 10.1 Å². The monoisotopic (exact) mass is 364 g/mol. The Bertz CT molecular complexity index is 621. The number of aliphatic hydroxyl groups excluding tert-OH is 1. The Morgan fingerprint density at radius 3 is 2.58 bits per heavy atom. The van der Waals surface area contributed by atoms with Crippen molar-refractivity contribution in [2.24, 2.45) is 0 Å². The zero-order chi connectivity index (χ0) is 18.5. The zero-order valence-electron chi connectivity index (χ0n) is 15.4. The van der Waals surface area contributed by atoms with Gasteiger partial charge in [-0.2, -0.15) is 0 Å². The molecule has 2 aliphatic heterocycles. The summed E-state index contributed by atoms with van der Waals surface area (Å²) >= 11 is 0. The van der Waals surface area contributed by atoms with Crippen molar-refractivity contribution in [1.29, 1.82) is 0 Å². The molecule has 2 aliphatic rings. The predicted molar refractivity (Wildman–Crippen MR) is 99.7 cm³/mol. The molecule has 3 rings (SSSR count). The minimum absolute atomic E-state index is 0.0310. The predicted octanol–water partition coefficient (Wildman–Crippen LogP) is 1.27. The maximum atomic E-state index is 11.9. The van der Waals surface area contributed by atoms with Crippen LogP contribution in [0.15, 0.2) is 6.33 Å². The number of aromatic nitrogens is 2. The van der Waals surface area contributed by atoms with Crippen molar-refractivity contribution in [1.82, 2.24) is 14.9 Å². The summed E-state index contributed by atoms with van der Waals surface area (Å²) in [5.74, 6) is 0.883. The molecule has 1 aromatic heterocycles. The number of nitro groups is 1. The largest absolute Gasteiger partial charge is 0.395 e. The van der Waals surface area contributed by atoms with E-state index in [4.69, 9.17) is 5.11 Å². The van der Waals surface area contributed by atoms with E-state index in [0.29, 0.717) is 37.3 Å². The highest BCUT2D eigenvalue weighted by Crippen LogP contribution is 2.37. The average molecular weight is 364 g/mol. The van der Waals surface area contributed by atoms with Crippen LogP contribution in [0.25, 0.3) is 0 Å².